The molecule has 0 saturated carbocycles. The van der Waals surface area contributed by atoms with E-state index >= 15 is 0 Å². The summed E-state index contributed by atoms with van der Waals surface area (Å²) in [6.07, 6.45) is 3.69. The normalized spacial score (nSPS) is 21.9. The van der Waals surface area contributed by atoms with Gasteiger partial charge in [-0.1, -0.05) is 0 Å². The van der Waals surface area contributed by atoms with E-state index in [0.717, 1.165) is 37.2 Å². The minimum absolute atomic E-state index is 0.00289. The minimum Gasteiger partial charge on any atom is -0.466 e. The molecule has 6 heteroatoms. The molecule has 0 aliphatic carbocycles. The van der Waals surface area contributed by atoms with Gasteiger partial charge in [-0.3, -0.25) is 9.59 Å². The lowest BCUT2D eigenvalue weighted by Gasteiger charge is -2.32. The molecule has 3 heterocycles. The third kappa shape index (κ3) is 4.17. The quantitative estimate of drug-likeness (QED) is 0.889. The first-order valence-corrected chi connectivity index (χ1v) is 8.87. The fourth-order valence-corrected chi connectivity index (χ4v) is 3.41. The summed E-state index contributed by atoms with van der Waals surface area (Å²) in [5.74, 6) is 1.96. The Bertz CT molecular complexity index is 569. The van der Waals surface area contributed by atoms with Crippen LogP contribution in [-0.2, 0) is 20.7 Å². The Balaban J connectivity index is 1.37. The van der Waals surface area contributed by atoms with Crippen molar-refractivity contribution in [3.8, 4) is 0 Å². The average Bonchev–Trinajstić information content (AvgIpc) is 3.26. The van der Waals surface area contributed by atoms with Crippen molar-refractivity contribution in [3.63, 3.8) is 0 Å². The number of nitrogens with one attached hydrogen (secondary N) is 1. The van der Waals surface area contributed by atoms with Crippen LogP contribution in [0.25, 0.3) is 0 Å². The van der Waals surface area contributed by atoms with Gasteiger partial charge in [0.15, 0.2) is 0 Å². The first kappa shape index (κ1) is 17.0. The lowest BCUT2D eigenvalue weighted by atomic mass is 9.95. The smallest absolute Gasteiger partial charge is 0.251 e. The van der Waals surface area contributed by atoms with Crippen molar-refractivity contribution in [1.82, 2.24) is 10.2 Å². The van der Waals surface area contributed by atoms with Gasteiger partial charge in [-0.15, -0.1) is 0 Å². The molecule has 0 unspecified atom stereocenters. The fourth-order valence-electron chi connectivity index (χ4n) is 3.41. The molecule has 0 bridgehead atoms. The van der Waals surface area contributed by atoms with E-state index in [1.54, 1.807) is 0 Å². The Labute approximate surface area is 142 Å². The predicted molar refractivity (Wildman–Crippen MR) is 88.4 cm³/mol. The molecule has 1 N–H and O–H groups in total. The first-order valence-electron chi connectivity index (χ1n) is 8.87. The molecule has 1 aromatic heterocycles. The Hall–Kier alpha value is -1.82. The zero-order chi connectivity index (χ0) is 16.9. The predicted octanol–water partition coefficient (Wildman–Crippen LogP) is 1.66. The molecular formula is C18H26N2O4. The van der Waals surface area contributed by atoms with Gasteiger partial charge in [-0.05, 0) is 44.7 Å². The van der Waals surface area contributed by atoms with Gasteiger partial charge in [-0.2, -0.15) is 0 Å². The number of carbonyl (C=O) groups excluding carboxylic acids is 2. The zero-order valence-electron chi connectivity index (χ0n) is 14.3. The maximum atomic E-state index is 12.3. The van der Waals surface area contributed by atoms with E-state index < -0.39 is 0 Å². The monoisotopic (exact) mass is 334 g/mol. The second kappa shape index (κ2) is 7.83. The number of rotatable bonds is 5. The van der Waals surface area contributed by atoms with Crippen LogP contribution in [0, 0.1) is 12.8 Å². The van der Waals surface area contributed by atoms with Crippen molar-refractivity contribution >= 4 is 11.8 Å². The number of piperidine rings is 1. The molecule has 3 rings (SSSR count). The minimum atomic E-state index is -0.257. The molecule has 2 saturated heterocycles. The molecule has 1 aromatic rings. The Kier molecular flexibility index (Phi) is 5.56. The number of nitrogens with zero attached hydrogens (tertiary/aromatic N) is 1. The molecule has 0 aromatic carbocycles. The molecular weight excluding hydrogens is 308 g/mol. The second-order valence-corrected chi connectivity index (χ2v) is 6.65. The fraction of sp³-hybridized carbons (Fsp3) is 0.667. The van der Waals surface area contributed by atoms with Gasteiger partial charge in [0.1, 0.15) is 17.6 Å². The van der Waals surface area contributed by atoms with Crippen LogP contribution in [0.2, 0.25) is 0 Å². The number of carbonyl (C=O) groups is 2. The Morgan fingerprint density at radius 2 is 2.04 bits per heavy atom. The van der Waals surface area contributed by atoms with E-state index in [9.17, 15) is 9.59 Å². The third-order valence-corrected chi connectivity index (χ3v) is 4.85. The van der Waals surface area contributed by atoms with Crippen LogP contribution in [0.3, 0.4) is 0 Å². The maximum absolute atomic E-state index is 12.3. The number of hydrogen-bond donors (Lipinski definition) is 1. The van der Waals surface area contributed by atoms with Gasteiger partial charge in [0.2, 0.25) is 5.91 Å². The van der Waals surface area contributed by atoms with Crippen molar-refractivity contribution in [3.05, 3.63) is 23.7 Å². The number of aryl methyl sites for hydroxylation is 1. The highest BCUT2D eigenvalue weighted by Crippen LogP contribution is 2.21. The largest absolute Gasteiger partial charge is 0.466 e. The van der Waals surface area contributed by atoms with Crippen LogP contribution in [0.5, 0.6) is 0 Å². The molecule has 2 amide bonds. The SMILES string of the molecule is Cc1ccc(CCNC(=O)C2CCN(C(=O)[C@@H]3CCCO3)CC2)o1. The lowest BCUT2D eigenvalue weighted by Crippen LogP contribution is -2.46. The van der Waals surface area contributed by atoms with Crippen LogP contribution < -0.4 is 5.32 Å². The van der Waals surface area contributed by atoms with Gasteiger partial charge < -0.3 is 19.4 Å². The van der Waals surface area contributed by atoms with Crippen molar-refractivity contribution in [2.45, 2.75) is 45.1 Å². The summed E-state index contributed by atoms with van der Waals surface area (Å²) in [5, 5.41) is 2.98. The van der Waals surface area contributed by atoms with Crippen LogP contribution in [-0.4, -0.2) is 49.1 Å². The molecule has 0 radical (unpaired) electrons. The maximum Gasteiger partial charge on any atom is 0.251 e. The summed E-state index contributed by atoms with van der Waals surface area (Å²) in [6.45, 7) is 4.47. The number of likely N-dealkylation sites (tertiary alicyclic amines) is 1. The summed E-state index contributed by atoms with van der Waals surface area (Å²) in [4.78, 5) is 26.4. The highest BCUT2D eigenvalue weighted by Gasteiger charge is 2.32. The van der Waals surface area contributed by atoms with Crippen LogP contribution in [0.1, 0.15) is 37.2 Å². The van der Waals surface area contributed by atoms with Crippen molar-refractivity contribution in [2.24, 2.45) is 5.92 Å². The van der Waals surface area contributed by atoms with E-state index in [1.807, 2.05) is 24.0 Å². The zero-order valence-corrected chi connectivity index (χ0v) is 14.3. The summed E-state index contributed by atoms with van der Waals surface area (Å²) in [6, 6.07) is 3.87. The molecule has 24 heavy (non-hydrogen) atoms. The van der Waals surface area contributed by atoms with Crippen LogP contribution in [0.4, 0.5) is 0 Å². The van der Waals surface area contributed by atoms with E-state index in [-0.39, 0.29) is 23.8 Å². The summed E-state index contributed by atoms with van der Waals surface area (Å²) < 4.78 is 11.0. The molecule has 1 atom stereocenters. The van der Waals surface area contributed by atoms with Crippen molar-refractivity contribution in [1.29, 1.82) is 0 Å². The average molecular weight is 334 g/mol. The van der Waals surface area contributed by atoms with E-state index in [0.29, 0.717) is 32.7 Å². The first-order chi connectivity index (χ1) is 11.6. The molecule has 0 spiro atoms. The summed E-state index contributed by atoms with van der Waals surface area (Å²) in [7, 11) is 0. The Morgan fingerprint density at radius 3 is 2.67 bits per heavy atom. The van der Waals surface area contributed by atoms with Gasteiger partial charge in [0, 0.05) is 38.6 Å². The van der Waals surface area contributed by atoms with Gasteiger partial charge in [0.05, 0.1) is 0 Å². The number of amides is 2. The number of hydrogen-bond acceptors (Lipinski definition) is 4. The molecule has 2 fully saturated rings. The lowest BCUT2D eigenvalue weighted by molar-refractivity contribution is -0.143. The highest BCUT2D eigenvalue weighted by atomic mass is 16.5. The van der Waals surface area contributed by atoms with Crippen molar-refractivity contribution < 1.29 is 18.7 Å². The Morgan fingerprint density at radius 1 is 1.25 bits per heavy atom. The number of furan rings is 1. The third-order valence-electron chi connectivity index (χ3n) is 4.85. The summed E-state index contributed by atoms with van der Waals surface area (Å²) >= 11 is 0. The topological polar surface area (TPSA) is 71.8 Å². The van der Waals surface area contributed by atoms with Gasteiger partial charge in [-0.25, -0.2) is 0 Å². The highest BCUT2D eigenvalue weighted by molar-refractivity contribution is 5.82. The molecule has 2 aliphatic rings. The molecule has 132 valence electrons. The molecule has 6 nitrogen and oxygen atoms in total. The van der Waals surface area contributed by atoms with E-state index in [4.69, 9.17) is 9.15 Å². The van der Waals surface area contributed by atoms with Crippen molar-refractivity contribution in [2.75, 3.05) is 26.2 Å². The molecule has 2 aliphatic heterocycles. The van der Waals surface area contributed by atoms with Gasteiger partial charge in [0.25, 0.3) is 5.91 Å². The van der Waals surface area contributed by atoms with Crippen LogP contribution in [0.15, 0.2) is 16.5 Å². The van der Waals surface area contributed by atoms with E-state index in [2.05, 4.69) is 5.32 Å². The summed E-state index contributed by atoms with van der Waals surface area (Å²) in [5.41, 5.74) is 0. The van der Waals surface area contributed by atoms with Gasteiger partial charge >= 0.3 is 0 Å². The van der Waals surface area contributed by atoms with Crippen LogP contribution >= 0.6 is 0 Å². The standard InChI is InChI=1S/C18H26N2O4/c1-13-4-5-15(24-13)6-9-19-17(21)14-7-10-20(11-8-14)18(22)16-3-2-12-23-16/h4-5,14,16H,2-3,6-12H2,1H3,(H,19,21)/t16-/m0/s1. The van der Waals surface area contributed by atoms with E-state index in [1.165, 1.54) is 0 Å². The number of ether oxygens (including phenoxy) is 1. The second-order valence-electron chi connectivity index (χ2n) is 6.65.